The van der Waals surface area contributed by atoms with E-state index >= 15 is 0 Å². The molecule has 4 heteroatoms. The molecule has 2 fully saturated rings. The van der Waals surface area contributed by atoms with E-state index in [1.165, 1.54) is 58.4 Å². The van der Waals surface area contributed by atoms with Crippen molar-refractivity contribution in [3.8, 4) is 0 Å². The van der Waals surface area contributed by atoms with Gasteiger partial charge in [-0.1, -0.05) is 6.42 Å². The van der Waals surface area contributed by atoms with Gasteiger partial charge in [0.25, 0.3) is 0 Å². The third-order valence-electron chi connectivity index (χ3n) is 3.13. The zero-order chi connectivity index (χ0) is 8.23. The Morgan fingerprint density at radius 2 is 1.79 bits per heavy atom. The maximum atomic E-state index is 3.44. The molecule has 1 unspecified atom stereocenters. The van der Waals surface area contributed by atoms with Crippen LogP contribution in [-0.4, -0.2) is 37.6 Å². The van der Waals surface area contributed by atoms with Crippen molar-refractivity contribution in [1.29, 1.82) is 0 Å². The first-order chi connectivity index (χ1) is 5.95. The first-order valence-electron chi connectivity index (χ1n) is 5.38. The molecule has 0 aromatic rings. The van der Waals surface area contributed by atoms with Gasteiger partial charge in [0.2, 0.25) is 0 Å². The summed E-state index contributed by atoms with van der Waals surface area (Å²) in [5.41, 5.74) is 0. The summed E-state index contributed by atoms with van der Waals surface area (Å²) < 4.78 is 0. The van der Waals surface area contributed by atoms with Gasteiger partial charge in [0, 0.05) is 6.54 Å². The lowest BCUT2D eigenvalue weighted by Crippen LogP contribution is -2.34. The average molecular weight is 241 g/mol. The normalized spacial score (nSPS) is 27.9. The second kappa shape index (κ2) is 7.75. The van der Waals surface area contributed by atoms with Crippen molar-refractivity contribution >= 4 is 24.8 Å². The van der Waals surface area contributed by atoms with E-state index < -0.39 is 0 Å². The number of halogens is 2. The SMILES string of the molecule is C1CCN(CC2CCNC2)CC1.Cl.Cl. The number of hydrogen-bond donors (Lipinski definition) is 1. The van der Waals surface area contributed by atoms with E-state index in [9.17, 15) is 0 Å². The molecular weight excluding hydrogens is 219 g/mol. The van der Waals surface area contributed by atoms with E-state index in [0.29, 0.717) is 0 Å². The van der Waals surface area contributed by atoms with Crippen molar-refractivity contribution in [3.63, 3.8) is 0 Å². The van der Waals surface area contributed by atoms with E-state index in [-0.39, 0.29) is 24.8 Å². The lowest BCUT2D eigenvalue weighted by Gasteiger charge is -2.28. The first kappa shape index (κ1) is 14.5. The minimum atomic E-state index is 0. The molecule has 1 N–H and O–H groups in total. The van der Waals surface area contributed by atoms with Crippen LogP contribution in [0, 0.1) is 5.92 Å². The fourth-order valence-electron chi connectivity index (χ4n) is 2.38. The highest BCUT2D eigenvalue weighted by atomic mass is 35.5. The van der Waals surface area contributed by atoms with Crippen LogP contribution >= 0.6 is 24.8 Å². The molecule has 86 valence electrons. The summed E-state index contributed by atoms with van der Waals surface area (Å²) in [6, 6.07) is 0. The first-order valence-corrected chi connectivity index (χ1v) is 5.38. The summed E-state index contributed by atoms with van der Waals surface area (Å²) in [4.78, 5) is 2.65. The molecule has 0 aliphatic carbocycles. The lowest BCUT2D eigenvalue weighted by atomic mass is 10.1. The van der Waals surface area contributed by atoms with Crippen LogP contribution in [0.5, 0.6) is 0 Å². The molecule has 0 amide bonds. The van der Waals surface area contributed by atoms with E-state index in [1.807, 2.05) is 0 Å². The molecule has 0 radical (unpaired) electrons. The second-order valence-corrected chi connectivity index (χ2v) is 4.22. The topological polar surface area (TPSA) is 15.3 Å². The van der Waals surface area contributed by atoms with Crippen LogP contribution in [0.2, 0.25) is 0 Å². The summed E-state index contributed by atoms with van der Waals surface area (Å²) in [5, 5.41) is 3.44. The van der Waals surface area contributed by atoms with Crippen LogP contribution in [0.15, 0.2) is 0 Å². The number of nitrogens with zero attached hydrogens (tertiary/aromatic N) is 1. The number of likely N-dealkylation sites (tertiary alicyclic amines) is 1. The number of nitrogens with one attached hydrogen (secondary N) is 1. The molecule has 0 saturated carbocycles. The van der Waals surface area contributed by atoms with Crippen LogP contribution < -0.4 is 5.32 Å². The Morgan fingerprint density at radius 1 is 1.07 bits per heavy atom. The quantitative estimate of drug-likeness (QED) is 0.794. The highest BCUT2D eigenvalue weighted by Gasteiger charge is 2.18. The monoisotopic (exact) mass is 240 g/mol. The van der Waals surface area contributed by atoms with Crippen LogP contribution in [0.4, 0.5) is 0 Å². The summed E-state index contributed by atoms with van der Waals surface area (Å²) in [5.74, 6) is 0.947. The molecule has 0 spiro atoms. The van der Waals surface area contributed by atoms with Crippen molar-refractivity contribution in [2.45, 2.75) is 25.7 Å². The minimum absolute atomic E-state index is 0. The molecule has 1 atom stereocenters. The van der Waals surface area contributed by atoms with Gasteiger partial charge in [-0.3, -0.25) is 0 Å². The number of piperidine rings is 1. The Labute approximate surface area is 99.6 Å². The highest BCUT2D eigenvalue weighted by Crippen LogP contribution is 2.14. The fourth-order valence-corrected chi connectivity index (χ4v) is 2.38. The van der Waals surface area contributed by atoms with Gasteiger partial charge in [0.1, 0.15) is 0 Å². The van der Waals surface area contributed by atoms with Gasteiger partial charge >= 0.3 is 0 Å². The fraction of sp³-hybridized carbons (Fsp3) is 1.00. The molecule has 2 aliphatic heterocycles. The van der Waals surface area contributed by atoms with Crippen LogP contribution in [0.3, 0.4) is 0 Å². The summed E-state index contributed by atoms with van der Waals surface area (Å²) >= 11 is 0. The predicted molar refractivity (Wildman–Crippen MR) is 65.8 cm³/mol. The molecule has 14 heavy (non-hydrogen) atoms. The van der Waals surface area contributed by atoms with Gasteiger partial charge in [-0.05, 0) is 51.4 Å². The van der Waals surface area contributed by atoms with Gasteiger partial charge in [0.15, 0.2) is 0 Å². The molecule has 2 rings (SSSR count). The Bertz CT molecular complexity index is 132. The summed E-state index contributed by atoms with van der Waals surface area (Å²) in [6.07, 6.45) is 5.72. The van der Waals surface area contributed by atoms with Crippen molar-refractivity contribution in [1.82, 2.24) is 10.2 Å². The van der Waals surface area contributed by atoms with Crippen LogP contribution in [0.25, 0.3) is 0 Å². The molecule has 2 saturated heterocycles. The summed E-state index contributed by atoms with van der Waals surface area (Å²) in [7, 11) is 0. The molecule has 0 aromatic heterocycles. The van der Waals surface area contributed by atoms with Gasteiger partial charge in [-0.25, -0.2) is 0 Å². The largest absolute Gasteiger partial charge is 0.316 e. The van der Waals surface area contributed by atoms with E-state index in [0.717, 1.165) is 5.92 Å². The third kappa shape index (κ3) is 4.35. The zero-order valence-corrected chi connectivity index (χ0v) is 10.3. The van der Waals surface area contributed by atoms with Crippen molar-refractivity contribution < 1.29 is 0 Å². The Morgan fingerprint density at radius 3 is 2.36 bits per heavy atom. The van der Waals surface area contributed by atoms with Crippen molar-refractivity contribution in [3.05, 3.63) is 0 Å². The Kier molecular flexibility index (Phi) is 8.02. The Balaban J connectivity index is 0.000000845. The van der Waals surface area contributed by atoms with Crippen LogP contribution in [0.1, 0.15) is 25.7 Å². The molecular formula is C10H22Cl2N2. The molecule has 0 aromatic carbocycles. The maximum Gasteiger partial charge on any atom is 0.00223 e. The lowest BCUT2D eigenvalue weighted by molar-refractivity contribution is 0.200. The number of rotatable bonds is 2. The molecule has 2 aliphatic rings. The summed E-state index contributed by atoms with van der Waals surface area (Å²) in [6.45, 7) is 6.58. The van der Waals surface area contributed by atoms with Gasteiger partial charge in [0.05, 0.1) is 0 Å². The van der Waals surface area contributed by atoms with Gasteiger partial charge in [-0.2, -0.15) is 0 Å². The predicted octanol–water partition coefficient (Wildman–Crippen LogP) is 1.93. The smallest absolute Gasteiger partial charge is 0.00223 e. The highest BCUT2D eigenvalue weighted by molar-refractivity contribution is 5.85. The standard InChI is InChI=1S/C10H20N2.2ClH/c1-2-6-12(7-3-1)9-10-4-5-11-8-10;;/h10-11H,1-9H2;2*1H. The van der Waals surface area contributed by atoms with Gasteiger partial charge < -0.3 is 10.2 Å². The van der Waals surface area contributed by atoms with E-state index in [1.54, 1.807) is 0 Å². The van der Waals surface area contributed by atoms with E-state index in [2.05, 4.69) is 10.2 Å². The molecule has 2 heterocycles. The molecule has 0 bridgehead atoms. The zero-order valence-electron chi connectivity index (χ0n) is 8.71. The maximum absolute atomic E-state index is 3.44. The van der Waals surface area contributed by atoms with E-state index in [4.69, 9.17) is 0 Å². The third-order valence-corrected chi connectivity index (χ3v) is 3.13. The van der Waals surface area contributed by atoms with Crippen molar-refractivity contribution in [2.24, 2.45) is 5.92 Å². The second-order valence-electron chi connectivity index (χ2n) is 4.22. The Hall–Kier alpha value is 0.500. The van der Waals surface area contributed by atoms with Crippen molar-refractivity contribution in [2.75, 3.05) is 32.7 Å². The minimum Gasteiger partial charge on any atom is -0.316 e. The van der Waals surface area contributed by atoms with Gasteiger partial charge in [-0.15, -0.1) is 24.8 Å². The van der Waals surface area contributed by atoms with Crippen LogP contribution in [-0.2, 0) is 0 Å². The molecule has 2 nitrogen and oxygen atoms in total. The average Bonchev–Trinajstić information content (AvgIpc) is 2.59. The number of hydrogen-bond acceptors (Lipinski definition) is 2.